The van der Waals surface area contributed by atoms with E-state index in [0.717, 1.165) is 25.3 Å². The highest BCUT2D eigenvalue weighted by Crippen LogP contribution is 2.10. The topological polar surface area (TPSA) is 49.8 Å². The summed E-state index contributed by atoms with van der Waals surface area (Å²) >= 11 is 1.70. The molecule has 0 radical (unpaired) electrons. The number of aromatic nitrogens is 2. The SMILES string of the molecule is CCCNc1nccc(NCc2ccsc2)n1. The molecule has 0 aliphatic heterocycles. The molecule has 0 saturated carbocycles. The molecule has 0 spiro atoms. The normalized spacial score (nSPS) is 10.2. The molecule has 0 fully saturated rings. The number of thiophene rings is 1. The van der Waals surface area contributed by atoms with Gasteiger partial charge in [0.05, 0.1) is 0 Å². The van der Waals surface area contributed by atoms with E-state index in [1.54, 1.807) is 17.5 Å². The summed E-state index contributed by atoms with van der Waals surface area (Å²) in [5, 5.41) is 10.7. The number of anilines is 2. The number of nitrogens with zero attached hydrogens (tertiary/aromatic N) is 2. The molecule has 0 unspecified atom stereocenters. The minimum atomic E-state index is 0.683. The Labute approximate surface area is 105 Å². The minimum Gasteiger partial charge on any atom is -0.366 e. The van der Waals surface area contributed by atoms with Crippen molar-refractivity contribution < 1.29 is 0 Å². The van der Waals surface area contributed by atoms with Crippen molar-refractivity contribution in [2.24, 2.45) is 0 Å². The Bertz CT molecular complexity index is 442. The van der Waals surface area contributed by atoms with Crippen LogP contribution in [0.3, 0.4) is 0 Å². The van der Waals surface area contributed by atoms with Crippen LogP contribution in [0.25, 0.3) is 0 Å². The van der Waals surface area contributed by atoms with Crippen molar-refractivity contribution in [3.63, 3.8) is 0 Å². The van der Waals surface area contributed by atoms with Crippen LogP contribution in [0.15, 0.2) is 29.1 Å². The maximum atomic E-state index is 4.38. The van der Waals surface area contributed by atoms with Crippen molar-refractivity contribution in [2.75, 3.05) is 17.2 Å². The van der Waals surface area contributed by atoms with E-state index in [0.29, 0.717) is 5.95 Å². The van der Waals surface area contributed by atoms with E-state index in [2.05, 4.69) is 44.4 Å². The molecule has 0 saturated heterocycles. The average Bonchev–Trinajstić information content (AvgIpc) is 2.87. The number of hydrogen-bond acceptors (Lipinski definition) is 5. The predicted molar refractivity (Wildman–Crippen MR) is 72.5 cm³/mol. The first-order valence-corrected chi connectivity index (χ1v) is 6.64. The third-order valence-corrected chi connectivity index (χ3v) is 2.97. The maximum Gasteiger partial charge on any atom is 0.224 e. The van der Waals surface area contributed by atoms with Crippen LogP contribution in [0.5, 0.6) is 0 Å². The summed E-state index contributed by atoms with van der Waals surface area (Å²) in [4.78, 5) is 8.54. The quantitative estimate of drug-likeness (QED) is 0.825. The summed E-state index contributed by atoms with van der Waals surface area (Å²) < 4.78 is 0. The molecule has 0 aliphatic rings. The van der Waals surface area contributed by atoms with Crippen LogP contribution < -0.4 is 10.6 Å². The number of rotatable bonds is 6. The fourth-order valence-electron chi connectivity index (χ4n) is 1.36. The second-order valence-electron chi connectivity index (χ2n) is 3.68. The Kier molecular flexibility index (Phi) is 4.32. The molecule has 2 N–H and O–H groups in total. The number of hydrogen-bond donors (Lipinski definition) is 2. The highest BCUT2D eigenvalue weighted by atomic mass is 32.1. The summed E-state index contributed by atoms with van der Waals surface area (Å²) in [6.45, 7) is 3.81. The molecule has 2 rings (SSSR count). The van der Waals surface area contributed by atoms with Crippen molar-refractivity contribution in [1.29, 1.82) is 0 Å². The summed E-state index contributed by atoms with van der Waals surface area (Å²) in [7, 11) is 0. The van der Waals surface area contributed by atoms with Gasteiger partial charge in [0.1, 0.15) is 5.82 Å². The van der Waals surface area contributed by atoms with Crippen LogP contribution in [0.4, 0.5) is 11.8 Å². The first kappa shape index (κ1) is 11.9. The van der Waals surface area contributed by atoms with Crippen LogP contribution in [0, 0.1) is 0 Å². The molecule has 0 aromatic carbocycles. The van der Waals surface area contributed by atoms with Gasteiger partial charge in [0.15, 0.2) is 0 Å². The Hall–Kier alpha value is -1.62. The van der Waals surface area contributed by atoms with E-state index < -0.39 is 0 Å². The molecular formula is C12H16N4S. The summed E-state index contributed by atoms with van der Waals surface area (Å²) in [5.41, 5.74) is 1.27. The van der Waals surface area contributed by atoms with Crippen LogP contribution >= 0.6 is 11.3 Å². The molecule has 2 aromatic rings. The second-order valence-corrected chi connectivity index (χ2v) is 4.46. The van der Waals surface area contributed by atoms with Gasteiger partial charge in [0.25, 0.3) is 0 Å². The maximum absolute atomic E-state index is 4.38. The molecule has 0 amide bonds. The largest absolute Gasteiger partial charge is 0.366 e. The fourth-order valence-corrected chi connectivity index (χ4v) is 2.03. The lowest BCUT2D eigenvalue weighted by molar-refractivity contribution is 0.950. The van der Waals surface area contributed by atoms with Crippen molar-refractivity contribution in [2.45, 2.75) is 19.9 Å². The highest BCUT2D eigenvalue weighted by molar-refractivity contribution is 7.07. The van der Waals surface area contributed by atoms with Gasteiger partial charge in [-0.1, -0.05) is 6.92 Å². The van der Waals surface area contributed by atoms with Gasteiger partial charge >= 0.3 is 0 Å². The standard InChI is InChI=1S/C12H16N4S/c1-2-5-13-12-14-6-3-11(16-12)15-8-10-4-7-17-9-10/h3-4,6-7,9H,2,5,8H2,1H3,(H2,13,14,15,16). The van der Waals surface area contributed by atoms with E-state index in [-0.39, 0.29) is 0 Å². The molecular weight excluding hydrogens is 232 g/mol. The molecule has 90 valence electrons. The Morgan fingerprint density at radius 3 is 3.00 bits per heavy atom. The smallest absolute Gasteiger partial charge is 0.224 e. The van der Waals surface area contributed by atoms with Gasteiger partial charge in [0.2, 0.25) is 5.95 Å². The van der Waals surface area contributed by atoms with Crippen LogP contribution in [0.1, 0.15) is 18.9 Å². The van der Waals surface area contributed by atoms with Gasteiger partial charge < -0.3 is 10.6 Å². The molecule has 2 aromatic heterocycles. The lowest BCUT2D eigenvalue weighted by atomic mass is 10.3. The van der Waals surface area contributed by atoms with Gasteiger partial charge in [-0.15, -0.1) is 0 Å². The number of nitrogens with one attached hydrogen (secondary N) is 2. The zero-order valence-electron chi connectivity index (χ0n) is 9.81. The van der Waals surface area contributed by atoms with E-state index in [9.17, 15) is 0 Å². The first-order chi connectivity index (χ1) is 8.38. The Balaban J connectivity index is 1.91. The lowest BCUT2D eigenvalue weighted by Crippen LogP contribution is -2.06. The van der Waals surface area contributed by atoms with Crippen molar-refractivity contribution >= 4 is 23.1 Å². The lowest BCUT2D eigenvalue weighted by Gasteiger charge is -2.06. The zero-order valence-corrected chi connectivity index (χ0v) is 10.6. The Morgan fingerprint density at radius 1 is 1.29 bits per heavy atom. The first-order valence-electron chi connectivity index (χ1n) is 5.70. The van der Waals surface area contributed by atoms with Crippen molar-refractivity contribution in [1.82, 2.24) is 9.97 Å². The third-order valence-electron chi connectivity index (χ3n) is 2.24. The predicted octanol–water partition coefficient (Wildman–Crippen LogP) is 2.97. The summed E-state index contributed by atoms with van der Waals surface area (Å²) in [6, 6.07) is 3.98. The van der Waals surface area contributed by atoms with Gasteiger partial charge in [-0.25, -0.2) is 4.98 Å². The zero-order chi connectivity index (χ0) is 11.9. The highest BCUT2D eigenvalue weighted by Gasteiger charge is 1.98. The van der Waals surface area contributed by atoms with E-state index >= 15 is 0 Å². The van der Waals surface area contributed by atoms with Gasteiger partial charge in [-0.3, -0.25) is 0 Å². The van der Waals surface area contributed by atoms with E-state index in [1.165, 1.54) is 5.56 Å². The molecule has 5 heteroatoms. The Morgan fingerprint density at radius 2 is 2.24 bits per heavy atom. The van der Waals surface area contributed by atoms with Crippen molar-refractivity contribution in [3.8, 4) is 0 Å². The van der Waals surface area contributed by atoms with E-state index in [1.807, 2.05) is 6.07 Å². The molecule has 4 nitrogen and oxygen atoms in total. The third kappa shape index (κ3) is 3.71. The van der Waals surface area contributed by atoms with E-state index in [4.69, 9.17) is 0 Å². The monoisotopic (exact) mass is 248 g/mol. The summed E-state index contributed by atoms with van der Waals surface area (Å²) in [5.74, 6) is 1.53. The molecule has 0 bridgehead atoms. The molecule has 0 atom stereocenters. The molecule has 0 aliphatic carbocycles. The van der Waals surface area contributed by atoms with Gasteiger partial charge in [-0.2, -0.15) is 16.3 Å². The van der Waals surface area contributed by atoms with Crippen LogP contribution in [-0.4, -0.2) is 16.5 Å². The van der Waals surface area contributed by atoms with Gasteiger partial charge in [-0.05, 0) is 34.9 Å². The van der Waals surface area contributed by atoms with Gasteiger partial charge in [0, 0.05) is 19.3 Å². The molecule has 2 heterocycles. The van der Waals surface area contributed by atoms with Crippen molar-refractivity contribution in [3.05, 3.63) is 34.7 Å². The fraction of sp³-hybridized carbons (Fsp3) is 0.333. The summed E-state index contributed by atoms with van der Waals surface area (Å²) in [6.07, 6.45) is 2.83. The van der Waals surface area contributed by atoms with Crippen LogP contribution in [-0.2, 0) is 6.54 Å². The average molecular weight is 248 g/mol. The minimum absolute atomic E-state index is 0.683. The second kappa shape index (κ2) is 6.20. The molecule has 17 heavy (non-hydrogen) atoms. The van der Waals surface area contributed by atoms with Crippen LogP contribution in [0.2, 0.25) is 0 Å².